The van der Waals surface area contributed by atoms with Gasteiger partial charge in [-0.15, -0.1) is 0 Å². The van der Waals surface area contributed by atoms with Gasteiger partial charge in [-0.2, -0.15) is 0 Å². The number of carbonyl (C=O) groups excluding carboxylic acids is 1. The van der Waals surface area contributed by atoms with Crippen molar-refractivity contribution in [2.24, 2.45) is 0 Å². The lowest BCUT2D eigenvalue weighted by molar-refractivity contribution is -0.0258. The van der Waals surface area contributed by atoms with E-state index in [9.17, 15) is 13.2 Å². The second kappa shape index (κ2) is 7.59. The van der Waals surface area contributed by atoms with Crippen molar-refractivity contribution in [1.82, 2.24) is 4.47 Å². The Morgan fingerprint density at radius 1 is 1.26 bits per heavy atom. The summed E-state index contributed by atoms with van der Waals surface area (Å²) >= 11 is 6.09. The predicted molar refractivity (Wildman–Crippen MR) is 105 cm³/mol. The zero-order valence-electron chi connectivity index (χ0n) is 15.3. The summed E-state index contributed by atoms with van der Waals surface area (Å²) in [7, 11) is -1.46. The maximum Gasteiger partial charge on any atom is 0.266 e. The molecule has 6 nitrogen and oxygen atoms in total. The van der Waals surface area contributed by atoms with Crippen LogP contribution < -0.4 is 4.90 Å². The van der Waals surface area contributed by atoms with E-state index in [2.05, 4.69) is 6.92 Å². The number of halogens is 1. The highest BCUT2D eigenvalue weighted by Gasteiger charge is 2.29. The highest BCUT2D eigenvalue weighted by atomic mass is 35.5. The largest absolute Gasteiger partial charge is 0.308 e. The van der Waals surface area contributed by atoms with Crippen molar-refractivity contribution in [3.8, 4) is 0 Å². The molecular formula is C19H21ClN2O4S. The number of carbonyl (C=O) groups is 1. The van der Waals surface area contributed by atoms with Gasteiger partial charge in [0.2, 0.25) is 0 Å². The molecular weight excluding hydrogens is 388 g/mol. The van der Waals surface area contributed by atoms with E-state index in [1.165, 1.54) is 32.4 Å². The summed E-state index contributed by atoms with van der Waals surface area (Å²) in [6.45, 7) is 2.70. The molecule has 0 bridgehead atoms. The van der Waals surface area contributed by atoms with Gasteiger partial charge in [0, 0.05) is 24.8 Å². The van der Waals surface area contributed by atoms with E-state index in [0.717, 1.165) is 17.7 Å². The van der Waals surface area contributed by atoms with Gasteiger partial charge in [0.1, 0.15) is 4.90 Å². The van der Waals surface area contributed by atoms with Crippen molar-refractivity contribution in [2.45, 2.75) is 24.2 Å². The van der Waals surface area contributed by atoms with Crippen molar-refractivity contribution >= 4 is 33.2 Å². The van der Waals surface area contributed by atoms with Crippen LogP contribution in [0.4, 0.5) is 5.69 Å². The molecule has 3 rings (SSSR count). The second-order valence-electron chi connectivity index (χ2n) is 6.45. The molecule has 0 spiro atoms. The number of hydroxylamine groups is 1. The molecule has 2 aromatic rings. The lowest BCUT2D eigenvalue weighted by atomic mass is 9.91. The second-order valence-corrected chi connectivity index (χ2v) is 8.76. The first-order chi connectivity index (χ1) is 12.8. The quantitative estimate of drug-likeness (QED) is 0.724. The van der Waals surface area contributed by atoms with Crippen molar-refractivity contribution in [3.05, 3.63) is 58.6 Å². The van der Waals surface area contributed by atoms with Gasteiger partial charge in [0.25, 0.3) is 15.9 Å². The molecule has 0 saturated heterocycles. The number of benzene rings is 2. The Labute approximate surface area is 164 Å². The molecule has 2 aromatic carbocycles. The van der Waals surface area contributed by atoms with Gasteiger partial charge in [-0.25, -0.2) is 8.42 Å². The first-order valence-corrected chi connectivity index (χ1v) is 10.3. The standard InChI is InChI=1S/C19H21ClN2O4S/c1-13-10-11-22(17-7-5-4-6-15(13)17)19(23)14-8-9-16(20)18(12-14)27(24,25)21(2)26-3/h4-9,12-13H,10-11H2,1-3H3. The fraction of sp³-hybridized carbons (Fsp3) is 0.316. The van der Waals surface area contributed by atoms with E-state index in [0.29, 0.717) is 16.9 Å². The Bertz CT molecular complexity index is 977. The highest BCUT2D eigenvalue weighted by molar-refractivity contribution is 7.89. The van der Waals surface area contributed by atoms with Crippen LogP contribution in [0.2, 0.25) is 5.02 Å². The maximum atomic E-state index is 13.1. The van der Waals surface area contributed by atoms with Crippen molar-refractivity contribution in [1.29, 1.82) is 0 Å². The number of rotatable bonds is 4. The molecule has 144 valence electrons. The molecule has 1 heterocycles. The van der Waals surface area contributed by atoms with Crippen LogP contribution in [0.1, 0.15) is 35.2 Å². The molecule has 27 heavy (non-hydrogen) atoms. The summed E-state index contributed by atoms with van der Waals surface area (Å²) in [5.41, 5.74) is 2.22. The third-order valence-corrected chi connectivity index (χ3v) is 7.00. The van der Waals surface area contributed by atoms with Crippen LogP contribution >= 0.6 is 11.6 Å². The van der Waals surface area contributed by atoms with Crippen molar-refractivity contribution in [3.63, 3.8) is 0 Å². The van der Waals surface area contributed by atoms with Crippen LogP contribution in [0.25, 0.3) is 0 Å². The smallest absolute Gasteiger partial charge is 0.266 e. The fourth-order valence-electron chi connectivity index (χ4n) is 3.19. The summed E-state index contributed by atoms with van der Waals surface area (Å²) in [5, 5.41) is 0.0307. The number of hydrogen-bond acceptors (Lipinski definition) is 4. The minimum absolute atomic E-state index is 0.0307. The van der Waals surface area contributed by atoms with Gasteiger partial charge in [-0.1, -0.05) is 41.2 Å². The molecule has 1 unspecified atom stereocenters. The zero-order valence-corrected chi connectivity index (χ0v) is 16.9. The van der Waals surface area contributed by atoms with E-state index in [1.807, 2.05) is 24.3 Å². The number of hydrogen-bond donors (Lipinski definition) is 0. The molecule has 0 N–H and O–H groups in total. The monoisotopic (exact) mass is 408 g/mol. The summed E-state index contributed by atoms with van der Waals surface area (Å²) < 4.78 is 25.8. The van der Waals surface area contributed by atoms with Crippen LogP contribution in [0.15, 0.2) is 47.4 Å². The van der Waals surface area contributed by atoms with E-state index < -0.39 is 10.0 Å². The lowest BCUT2D eigenvalue weighted by Crippen LogP contribution is -2.36. The first-order valence-electron chi connectivity index (χ1n) is 8.50. The number of anilines is 1. The average Bonchev–Trinajstić information content (AvgIpc) is 2.67. The Kier molecular flexibility index (Phi) is 5.58. The number of sulfonamides is 1. The molecule has 1 amide bonds. The highest BCUT2D eigenvalue weighted by Crippen LogP contribution is 2.36. The van der Waals surface area contributed by atoms with Crippen molar-refractivity contribution in [2.75, 3.05) is 25.6 Å². The molecule has 1 atom stereocenters. The molecule has 1 aliphatic heterocycles. The molecule has 0 aliphatic carbocycles. The first kappa shape index (κ1) is 19.8. The molecule has 0 radical (unpaired) electrons. The zero-order chi connectivity index (χ0) is 19.8. The van der Waals surface area contributed by atoms with Crippen LogP contribution in [-0.4, -0.2) is 39.5 Å². The fourth-order valence-corrected chi connectivity index (χ4v) is 4.66. The van der Waals surface area contributed by atoms with Gasteiger partial charge < -0.3 is 4.90 Å². The maximum absolute atomic E-state index is 13.1. The van der Waals surface area contributed by atoms with Crippen LogP contribution in [0.5, 0.6) is 0 Å². The van der Waals surface area contributed by atoms with Gasteiger partial charge in [0.05, 0.1) is 12.1 Å². The number of nitrogens with zero attached hydrogens (tertiary/aromatic N) is 2. The van der Waals surface area contributed by atoms with Gasteiger partial charge in [-0.3, -0.25) is 9.63 Å². The van der Waals surface area contributed by atoms with E-state index >= 15 is 0 Å². The van der Waals surface area contributed by atoms with Crippen molar-refractivity contribution < 1.29 is 18.0 Å². The Morgan fingerprint density at radius 2 is 1.96 bits per heavy atom. The molecule has 8 heteroatoms. The topological polar surface area (TPSA) is 66.9 Å². The molecule has 0 aromatic heterocycles. The van der Waals surface area contributed by atoms with Crippen LogP contribution in [0.3, 0.4) is 0 Å². The molecule has 0 fully saturated rings. The molecule has 1 aliphatic rings. The Morgan fingerprint density at radius 3 is 2.67 bits per heavy atom. The van der Waals surface area contributed by atoms with Gasteiger partial charge in [-0.05, 0) is 42.2 Å². The Balaban J connectivity index is 2.02. The van der Waals surface area contributed by atoms with Crippen LogP contribution in [0, 0.1) is 0 Å². The van der Waals surface area contributed by atoms with Gasteiger partial charge in [0.15, 0.2) is 0 Å². The van der Waals surface area contributed by atoms with E-state index in [1.54, 1.807) is 4.90 Å². The lowest BCUT2D eigenvalue weighted by Gasteiger charge is -2.33. The third-order valence-electron chi connectivity index (χ3n) is 4.84. The van der Waals surface area contributed by atoms with Crippen LogP contribution in [-0.2, 0) is 14.9 Å². The average molecular weight is 409 g/mol. The van der Waals surface area contributed by atoms with E-state index in [-0.39, 0.29) is 21.4 Å². The minimum Gasteiger partial charge on any atom is -0.308 e. The van der Waals surface area contributed by atoms with E-state index in [4.69, 9.17) is 16.4 Å². The third kappa shape index (κ3) is 3.60. The summed E-state index contributed by atoms with van der Waals surface area (Å²) in [6.07, 6.45) is 0.841. The predicted octanol–water partition coefficient (Wildman–Crippen LogP) is 3.68. The molecule has 0 saturated carbocycles. The SMILES string of the molecule is CON(C)S(=O)(=O)c1cc(C(=O)N2CCC(C)c3ccccc32)ccc1Cl. The summed E-state index contributed by atoms with van der Waals surface area (Å²) in [6, 6.07) is 12.0. The minimum atomic E-state index is -3.97. The summed E-state index contributed by atoms with van der Waals surface area (Å²) in [4.78, 5) is 19.5. The number of fused-ring (bicyclic) bond motifs is 1. The van der Waals surface area contributed by atoms with Gasteiger partial charge >= 0.3 is 0 Å². The Hall–Kier alpha value is -1.93. The number of para-hydroxylation sites is 1. The number of amides is 1. The summed E-state index contributed by atoms with van der Waals surface area (Å²) in [5.74, 6) is 0.101. The normalized spacial score (nSPS) is 17.1.